The van der Waals surface area contributed by atoms with Crippen molar-refractivity contribution in [2.24, 2.45) is 0 Å². The van der Waals surface area contributed by atoms with Crippen molar-refractivity contribution in [3.8, 4) is 11.5 Å². The average molecular weight is 284 g/mol. The van der Waals surface area contributed by atoms with Gasteiger partial charge in [0.2, 0.25) is 5.76 Å². The molecule has 6 heteroatoms. The Morgan fingerprint density at radius 1 is 1.19 bits per heavy atom. The molecule has 6 nitrogen and oxygen atoms in total. The van der Waals surface area contributed by atoms with Crippen molar-refractivity contribution in [3.63, 3.8) is 0 Å². The highest BCUT2D eigenvalue weighted by atomic mass is 16.5. The molecule has 2 N–H and O–H groups in total. The lowest BCUT2D eigenvalue weighted by atomic mass is 10.2. The van der Waals surface area contributed by atoms with Gasteiger partial charge in [0.15, 0.2) is 11.5 Å². The third-order valence-corrected chi connectivity index (χ3v) is 2.90. The minimum absolute atomic E-state index is 0.0377. The van der Waals surface area contributed by atoms with E-state index in [-0.39, 0.29) is 18.2 Å². The number of aromatic nitrogens is 1. The second kappa shape index (κ2) is 5.64. The molecule has 0 saturated heterocycles. The lowest BCUT2D eigenvalue weighted by Crippen LogP contribution is -2.12. The van der Waals surface area contributed by atoms with E-state index in [0.29, 0.717) is 17.2 Å². The van der Waals surface area contributed by atoms with Crippen LogP contribution in [0.1, 0.15) is 16.1 Å². The SMILES string of the molecule is O=C(Nc1ccc(CO)cc1)c1cc(-c2ccco2)on1. The summed E-state index contributed by atoms with van der Waals surface area (Å²) in [7, 11) is 0. The summed E-state index contributed by atoms with van der Waals surface area (Å²) in [6, 6.07) is 11.8. The van der Waals surface area contributed by atoms with Gasteiger partial charge in [-0.3, -0.25) is 4.79 Å². The fraction of sp³-hybridized carbons (Fsp3) is 0.0667. The predicted octanol–water partition coefficient (Wildman–Crippen LogP) is 2.68. The molecule has 0 aliphatic carbocycles. The molecule has 0 spiro atoms. The van der Waals surface area contributed by atoms with E-state index in [1.165, 1.54) is 12.3 Å². The number of aliphatic hydroxyl groups is 1. The molecule has 0 bridgehead atoms. The standard InChI is InChI=1S/C15H12N2O4/c18-9-10-3-5-11(6-4-10)16-15(19)12-8-14(21-17-12)13-2-1-7-20-13/h1-8,18H,9H2,(H,16,19). The molecule has 0 aliphatic rings. The van der Waals surface area contributed by atoms with Gasteiger partial charge >= 0.3 is 0 Å². The van der Waals surface area contributed by atoms with E-state index >= 15 is 0 Å². The highest BCUT2D eigenvalue weighted by molar-refractivity contribution is 6.03. The number of nitrogens with zero attached hydrogens (tertiary/aromatic N) is 1. The lowest BCUT2D eigenvalue weighted by molar-refractivity contribution is 0.101. The molecule has 0 fully saturated rings. The molecule has 21 heavy (non-hydrogen) atoms. The van der Waals surface area contributed by atoms with Crippen LogP contribution in [0, 0.1) is 0 Å². The van der Waals surface area contributed by atoms with Crippen LogP contribution in [-0.4, -0.2) is 16.2 Å². The normalized spacial score (nSPS) is 10.5. The molecule has 0 radical (unpaired) electrons. The molecule has 2 aromatic heterocycles. The topological polar surface area (TPSA) is 88.5 Å². The Balaban J connectivity index is 1.73. The molecule has 3 aromatic rings. The Morgan fingerprint density at radius 3 is 2.67 bits per heavy atom. The van der Waals surface area contributed by atoms with E-state index in [2.05, 4.69) is 10.5 Å². The maximum Gasteiger partial charge on any atom is 0.277 e. The summed E-state index contributed by atoms with van der Waals surface area (Å²) < 4.78 is 10.2. The molecule has 0 saturated carbocycles. The van der Waals surface area contributed by atoms with E-state index in [1.54, 1.807) is 36.4 Å². The van der Waals surface area contributed by atoms with Crippen molar-refractivity contribution in [1.29, 1.82) is 0 Å². The van der Waals surface area contributed by atoms with Crippen molar-refractivity contribution in [2.75, 3.05) is 5.32 Å². The summed E-state index contributed by atoms with van der Waals surface area (Å²) in [4.78, 5) is 12.0. The zero-order chi connectivity index (χ0) is 14.7. The third-order valence-electron chi connectivity index (χ3n) is 2.90. The summed E-state index contributed by atoms with van der Waals surface area (Å²) in [5, 5.41) is 15.4. The Bertz CT molecular complexity index is 729. The highest BCUT2D eigenvalue weighted by Crippen LogP contribution is 2.21. The van der Waals surface area contributed by atoms with Crippen molar-refractivity contribution in [2.45, 2.75) is 6.61 Å². The zero-order valence-electron chi connectivity index (χ0n) is 10.9. The molecule has 1 amide bonds. The van der Waals surface area contributed by atoms with Gasteiger partial charge in [0.05, 0.1) is 12.9 Å². The fourth-order valence-corrected chi connectivity index (χ4v) is 1.81. The molecule has 106 valence electrons. The Labute approximate surface area is 120 Å². The fourth-order valence-electron chi connectivity index (χ4n) is 1.81. The average Bonchev–Trinajstić information content (AvgIpc) is 3.19. The van der Waals surface area contributed by atoms with Crippen LogP contribution in [0.3, 0.4) is 0 Å². The number of benzene rings is 1. The van der Waals surface area contributed by atoms with Crippen molar-refractivity contribution in [1.82, 2.24) is 5.16 Å². The van der Waals surface area contributed by atoms with Crippen LogP contribution in [0.4, 0.5) is 5.69 Å². The Kier molecular flexibility index (Phi) is 3.53. The molecule has 1 aromatic carbocycles. The summed E-state index contributed by atoms with van der Waals surface area (Å²) in [6.07, 6.45) is 1.51. The summed E-state index contributed by atoms with van der Waals surface area (Å²) in [6.45, 7) is -0.0377. The largest absolute Gasteiger partial charge is 0.461 e. The van der Waals surface area contributed by atoms with Gasteiger partial charge in [0.25, 0.3) is 5.91 Å². The second-order valence-corrected chi connectivity index (χ2v) is 4.36. The number of hydrogen-bond acceptors (Lipinski definition) is 5. The van der Waals surface area contributed by atoms with E-state index in [0.717, 1.165) is 5.56 Å². The van der Waals surface area contributed by atoms with E-state index in [9.17, 15) is 4.79 Å². The van der Waals surface area contributed by atoms with Crippen LogP contribution in [0.2, 0.25) is 0 Å². The molecular weight excluding hydrogens is 272 g/mol. The smallest absolute Gasteiger partial charge is 0.277 e. The number of aliphatic hydroxyl groups excluding tert-OH is 1. The molecule has 2 heterocycles. The van der Waals surface area contributed by atoms with Crippen molar-refractivity contribution >= 4 is 11.6 Å². The molecule has 3 rings (SSSR count). The van der Waals surface area contributed by atoms with Crippen LogP contribution in [0.5, 0.6) is 0 Å². The summed E-state index contributed by atoms with van der Waals surface area (Å²) in [5.41, 5.74) is 1.54. The first-order valence-electron chi connectivity index (χ1n) is 6.28. The molecule has 0 atom stereocenters. The first kappa shape index (κ1) is 13.1. The number of carbonyl (C=O) groups excluding carboxylic acids is 1. The first-order chi connectivity index (χ1) is 10.3. The van der Waals surface area contributed by atoms with Crippen LogP contribution < -0.4 is 5.32 Å². The van der Waals surface area contributed by atoms with Crippen LogP contribution in [0.25, 0.3) is 11.5 Å². The maximum absolute atomic E-state index is 12.0. The Morgan fingerprint density at radius 2 is 2.00 bits per heavy atom. The van der Waals surface area contributed by atoms with Gasteiger partial charge in [-0.25, -0.2) is 0 Å². The van der Waals surface area contributed by atoms with Gasteiger partial charge in [-0.05, 0) is 29.8 Å². The van der Waals surface area contributed by atoms with E-state index < -0.39 is 0 Å². The minimum Gasteiger partial charge on any atom is -0.461 e. The van der Waals surface area contributed by atoms with E-state index in [1.807, 2.05) is 0 Å². The van der Waals surface area contributed by atoms with Gasteiger partial charge in [-0.15, -0.1) is 0 Å². The zero-order valence-corrected chi connectivity index (χ0v) is 10.9. The number of furan rings is 1. The summed E-state index contributed by atoms with van der Waals surface area (Å²) >= 11 is 0. The lowest BCUT2D eigenvalue weighted by Gasteiger charge is -2.03. The van der Waals surface area contributed by atoms with E-state index in [4.69, 9.17) is 14.0 Å². The van der Waals surface area contributed by atoms with Gasteiger partial charge in [-0.1, -0.05) is 17.3 Å². The maximum atomic E-state index is 12.0. The van der Waals surface area contributed by atoms with Gasteiger partial charge in [0.1, 0.15) is 0 Å². The van der Waals surface area contributed by atoms with Crippen LogP contribution in [0.15, 0.2) is 57.7 Å². The van der Waals surface area contributed by atoms with Gasteiger partial charge in [0, 0.05) is 11.8 Å². The number of carbonyl (C=O) groups is 1. The third kappa shape index (κ3) is 2.85. The predicted molar refractivity (Wildman–Crippen MR) is 74.5 cm³/mol. The highest BCUT2D eigenvalue weighted by Gasteiger charge is 2.15. The first-order valence-corrected chi connectivity index (χ1v) is 6.28. The number of anilines is 1. The number of nitrogens with one attached hydrogen (secondary N) is 1. The number of rotatable bonds is 4. The van der Waals surface area contributed by atoms with Crippen molar-refractivity contribution in [3.05, 3.63) is 60.0 Å². The minimum atomic E-state index is -0.381. The summed E-state index contributed by atoms with van der Waals surface area (Å²) in [5.74, 6) is 0.517. The van der Waals surface area contributed by atoms with Crippen molar-refractivity contribution < 1.29 is 18.8 Å². The quantitative estimate of drug-likeness (QED) is 0.769. The number of hydrogen-bond donors (Lipinski definition) is 2. The van der Waals surface area contributed by atoms with Gasteiger partial charge in [-0.2, -0.15) is 0 Å². The number of amides is 1. The Hall–Kier alpha value is -2.86. The second-order valence-electron chi connectivity index (χ2n) is 4.36. The van der Waals surface area contributed by atoms with Crippen LogP contribution >= 0.6 is 0 Å². The molecule has 0 aliphatic heterocycles. The molecular formula is C15H12N2O4. The molecule has 0 unspecified atom stereocenters. The van der Waals surface area contributed by atoms with Gasteiger partial charge < -0.3 is 19.4 Å². The van der Waals surface area contributed by atoms with Crippen LogP contribution in [-0.2, 0) is 6.61 Å². The monoisotopic (exact) mass is 284 g/mol.